The maximum Gasteiger partial charge on any atom is 0.0938 e. The zero-order chi connectivity index (χ0) is 14.0. The Labute approximate surface area is 126 Å². The van der Waals surface area contributed by atoms with Gasteiger partial charge >= 0.3 is 0 Å². The molecule has 1 unspecified atom stereocenters. The summed E-state index contributed by atoms with van der Waals surface area (Å²) in [4.78, 5) is 0.850. The van der Waals surface area contributed by atoms with Crippen molar-refractivity contribution < 1.29 is 5.11 Å². The van der Waals surface area contributed by atoms with Gasteiger partial charge in [0.1, 0.15) is 0 Å². The summed E-state index contributed by atoms with van der Waals surface area (Å²) in [6, 6.07) is 3.64. The molecule has 0 spiro atoms. The topological polar surface area (TPSA) is 38.0 Å². The van der Waals surface area contributed by atoms with Crippen molar-refractivity contribution in [3.63, 3.8) is 0 Å². The third kappa shape index (κ3) is 3.14. The third-order valence-electron chi connectivity index (χ3n) is 3.00. The van der Waals surface area contributed by atoms with Gasteiger partial charge in [-0.05, 0) is 25.5 Å². The average molecular weight is 319 g/mol. The van der Waals surface area contributed by atoms with Crippen molar-refractivity contribution in [2.45, 2.75) is 39.3 Å². The molecule has 0 bridgehead atoms. The van der Waals surface area contributed by atoms with Crippen LogP contribution in [0.1, 0.15) is 36.2 Å². The van der Waals surface area contributed by atoms with E-state index in [0.29, 0.717) is 15.8 Å². The van der Waals surface area contributed by atoms with E-state index in [1.165, 1.54) is 11.3 Å². The van der Waals surface area contributed by atoms with Crippen LogP contribution in [0.2, 0.25) is 9.36 Å². The SMILES string of the molecule is CCc1nn(CC)c(CC(O)c2ccc(Cl)s2)c1Cl. The smallest absolute Gasteiger partial charge is 0.0938 e. The van der Waals surface area contributed by atoms with Crippen molar-refractivity contribution in [2.75, 3.05) is 0 Å². The molecule has 0 aromatic carbocycles. The Morgan fingerprint density at radius 3 is 2.63 bits per heavy atom. The molecule has 104 valence electrons. The molecule has 2 rings (SSSR count). The van der Waals surface area contributed by atoms with E-state index in [1.54, 1.807) is 6.07 Å². The molecule has 0 fully saturated rings. The predicted octanol–water partition coefficient (Wildman–Crippen LogP) is 4.11. The first-order valence-corrected chi connectivity index (χ1v) is 7.81. The number of halogens is 2. The highest BCUT2D eigenvalue weighted by Gasteiger charge is 2.19. The van der Waals surface area contributed by atoms with Gasteiger partial charge in [-0.25, -0.2) is 0 Å². The van der Waals surface area contributed by atoms with Gasteiger partial charge < -0.3 is 5.11 Å². The monoisotopic (exact) mass is 318 g/mol. The van der Waals surface area contributed by atoms with Crippen LogP contribution < -0.4 is 0 Å². The van der Waals surface area contributed by atoms with Gasteiger partial charge in [0.15, 0.2) is 0 Å². The second kappa shape index (κ2) is 6.27. The number of rotatable bonds is 5. The van der Waals surface area contributed by atoms with Crippen LogP contribution in [0.4, 0.5) is 0 Å². The summed E-state index contributed by atoms with van der Waals surface area (Å²) in [6.45, 7) is 4.78. The fourth-order valence-corrected chi connectivity index (χ4v) is 3.40. The van der Waals surface area contributed by atoms with E-state index in [-0.39, 0.29) is 0 Å². The van der Waals surface area contributed by atoms with Crippen molar-refractivity contribution >= 4 is 34.5 Å². The molecule has 2 aromatic rings. The van der Waals surface area contributed by atoms with Crippen LogP contribution >= 0.6 is 34.5 Å². The highest BCUT2D eigenvalue weighted by atomic mass is 35.5. The lowest BCUT2D eigenvalue weighted by atomic mass is 10.1. The zero-order valence-corrected chi connectivity index (χ0v) is 13.2. The Hall–Kier alpha value is -0.550. The molecular weight excluding hydrogens is 303 g/mol. The van der Waals surface area contributed by atoms with Crippen molar-refractivity contribution in [3.8, 4) is 0 Å². The van der Waals surface area contributed by atoms with E-state index < -0.39 is 6.10 Å². The largest absolute Gasteiger partial charge is 0.387 e. The first-order chi connectivity index (χ1) is 9.06. The summed E-state index contributed by atoms with van der Waals surface area (Å²) in [5, 5.41) is 15.4. The number of nitrogens with zero attached hydrogens (tertiary/aromatic N) is 2. The number of aryl methyl sites for hydroxylation is 2. The van der Waals surface area contributed by atoms with Gasteiger partial charge in [-0.3, -0.25) is 4.68 Å². The maximum absolute atomic E-state index is 10.3. The van der Waals surface area contributed by atoms with Crippen molar-refractivity contribution in [2.24, 2.45) is 0 Å². The Morgan fingerprint density at radius 2 is 2.11 bits per heavy atom. The van der Waals surface area contributed by atoms with Gasteiger partial charge in [-0.2, -0.15) is 5.10 Å². The summed E-state index contributed by atoms with van der Waals surface area (Å²) in [7, 11) is 0. The summed E-state index contributed by atoms with van der Waals surface area (Å²) in [5.41, 5.74) is 1.77. The van der Waals surface area contributed by atoms with Crippen LogP contribution in [0.5, 0.6) is 0 Å². The van der Waals surface area contributed by atoms with Crippen LogP contribution in [0.25, 0.3) is 0 Å². The lowest BCUT2D eigenvalue weighted by molar-refractivity contribution is 0.179. The summed E-state index contributed by atoms with van der Waals surface area (Å²) < 4.78 is 2.54. The molecule has 0 aliphatic rings. The summed E-state index contributed by atoms with van der Waals surface area (Å²) in [5.74, 6) is 0. The lowest BCUT2D eigenvalue weighted by Gasteiger charge is -2.10. The predicted molar refractivity (Wildman–Crippen MR) is 80.3 cm³/mol. The first kappa shape index (κ1) is 14.9. The second-order valence-corrected chi connectivity index (χ2v) is 6.36. The van der Waals surface area contributed by atoms with Crippen molar-refractivity contribution in [1.82, 2.24) is 9.78 Å². The molecular formula is C13H16Cl2N2OS. The molecule has 0 aliphatic carbocycles. The molecule has 0 saturated heterocycles. The van der Waals surface area contributed by atoms with Crippen molar-refractivity contribution in [1.29, 1.82) is 0 Å². The number of hydrogen-bond acceptors (Lipinski definition) is 3. The highest BCUT2D eigenvalue weighted by Crippen LogP contribution is 2.31. The molecule has 0 radical (unpaired) electrons. The Kier molecular flexibility index (Phi) is 4.90. The second-order valence-electron chi connectivity index (χ2n) is 4.24. The Bertz CT molecular complexity index is 565. The lowest BCUT2D eigenvalue weighted by Crippen LogP contribution is -2.08. The molecule has 0 saturated carbocycles. The molecule has 1 N–H and O–H groups in total. The molecule has 19 heavy (non-hydrogen) atoms. The van der Waals surface area contributed by atoms with Gasteiger partial charge in [0.2, 0.25) is 0 Å². The number of hydrogen-bond donors (Lipinski definition) is 1. The maximum atomic E-state index is 10.3. The zero-order valence-electron chi connectivity index (χ0n) is 10.9. The van der Waals surface area contributed by atoms with Crippen LogP contribution in [0, 0.1) is 0 Å². The van der Waals surface area contributed by atoms with E-state index in [2.05, 4.69) is 5.10 Å². The fourth-order valence-electron chi connectivity index (χ4n) is 2.00. The fraction of sp³-hybridized carbons (Fsp3) is 0.462. The molecule has 0 amide bonds. The summed E-state index contributed by atoms with van der Waals surface area (Å²) >= 11 is 13.6. The van der Waals surface area contributed by atoms with Crippen LogP contribution in [0.3, 0.4) is 0 Å². The Balaban J connectivity index is 2.25. The number of thiophene rings is 1. The van der Waals surface area contributed by atoms with E-state index >= 15 is 0 Å². The summed E-state index contributed by atoms with van der Waals surface area (Å²) in [6.07, 6.45) is 0.651. The minimum Gasteiger partial charge on any atom is -0.387 e. The minimum atomic E-state index is -0.596. The normalized spacial score (nSPS) is 12.9. The standard InChI is InChI=1S/C13H16Cl2N2OS/c1-3-8-13(15)9(17(4-2)16-8)7-10(18)11-5-6-12(14)19-11/h5-6,10,18H,3-4,7H2,1-2H3. The number of aromatic nitrogens is 2. The van der Waals surface area contributed by atoms with Crippen LogP contribution in [-0.4, -0.2) is 14.9 Å². The van der Waals surface area contributed by atoms with E-state index in [9.17, 15) is 5.11 Å². The van der Waals surface area contributed by atoms with Gasteiger partial charge in [0.25, 0.3) is 0 Å². The Morgan fingerprint density at radius 1 is 1.37 bits per heavy atom. The molecule has 1 atom stereocenters. The molecule has 3 nitrogen and oxygen atoms in total. The third-order valence-corrected chi connectivity index (χ3v) is 4.77. The van der Waals surface area contributed by atoms with Gasteiger partial charge in [-0.15, -0.1) is 11.3 Å². The van der Waals surface area contributed by atoms with Gasteiger partial charge in [0.05, 0.1) is 26.9 Å². The van der Waals surface area contributed by atoms with Crippen LogP contribution in [-0.2, 0) is 19.4 Å². The molecule has 6 heteroatoms. The number of aliphatic hydroxyl groups is 1. The average Bonchev–Trinajstić information content (AvgIpc) is 2.95. The minimum absolute atomic E-state index is 0.455. The molecule has 0 aliphatic heterocycles. The van der Waals surface area contributed by atoms with E-state index in [0.717, 1.165) is 29.2 Å². The van der Waals surface area contributed by atoms with Crippen LogP contribution in [0.15, 0.2) is 12.1 Å². The number of aliphatic hydroxyl groups excluding tert-OH is 1. The van der Waals surface area contributed by atoms with Gasteiger partial charge in [-0.1, -0.05) is 30.1 Å². The molecule has 2 heterocycles. The van der Waals surface area contributed by atoms with E-state index in [1.807, 2.05) is 24.6 Å². The van der Waals surface area contributed by atoms with Gasteiger partial charge in [0, 0.05) is 17.8 Å². The van der Waals surface area contributed by atoms with E-state index in [4.69, 9.17) is 23.2 Å². The van der Waals surface area contributed by atoms with Crippen molar-refractivity contribution in [3.05, 3.63) is 37.8 Å². The quantitative estimate of drug-likeness (QED) is 0.900. The highest BCUT2D eigenvalue weighted by molar-refractivity contribution is 7.16. The first-order valence-electron chi connectivity index (χ1n) is 6.24. The molecule has 2 aromatic heterocycles.